The SMILES string of the molecule is O=C(O)COc1ccc(Cl)cc1C(=O)c1cc(C(F)(F)F)cc(C(F)(F)F)c1. The number of aliphatic carboxylic acids is 1. The number of hydrogen-bond acceptors (Lipinski definition) is 3. The fourth-order valence-electron chi connectivity index (χ4n) is 2.19. The lowest BCUT2D eigenvalue weighted by molar-refractivity contribution is -0.143. The van der Waals surface area contributed by atoms with Gasteiger partial charge in [-0.1, -0.05) is 11.6 Å². The Kier molecular flexibility index (Phi) is 5.93. The monoisotopic (exact) mass is 426 g/mol. The third kappa shape index (κ3) is 5.16. The molecule has 2 aromatic carbocycles. The van der Waals surface area contributed by atoms with E-state index in [0.717, 1.165) is 12.1 Å². The van der Waals surface area contributed by atoms with Crippen LogP contribution in [0.4, 0.5) is 26.3 Å². The molecule has 0 atom stereocenters. The highest BCUT2D eigenvalue weighted by Gasteiger charge is 2.37. The third-order valence-electron chi connectivity index (χ3n) is 3.39. The zero-order valence-electron chi connectivity index (χ0n) is 13.5. The predicted octanol–water partition coefficient (Wildman–Crippen LogP) is 5.07. The van der Waals surface area contributed by atoms with Gasteiger partial charge in [-0.15, -0.1) is 0 Å². The molecule has 1 N–H and O–H groups in total. The van der Waals surface area contributed by atoms with Crippen molar-refractivity contribution in [2.45, 2.75) is 12.4 Å². The summed E-state index contributed by atoms with van der Waals surface area (Å²) >= 11 is 5.73. The summed E-state index contributed by atoms with van der Waals surface area (Å²) in [6.45, 7) is -0.891. The van der Waals surface area contributed by atoms with E-state index in [2.05, 4.69) is 0 Å². The Balaban J connectivity index is 2.60. The number of benzene rings is 2. The molecule has 150 valence electrons. The van der Waals surface area contributed by atoms with E-state index in [9.17, 15) is 35.9 Å². The lowest BCUT2D eigenvalue weighted by Gasteiger charge is -2.15. The average Bonchev–Trinajstić information content (AvgIpc) is 2.58. The van der Waals surface area contributed by atoms with Crippen LogP contribution in [-0.4, -0.2) is 23.5 Å². The molecular weight excluding hydrogens is 418 g/mol. The molecule has 0 amide bonds. The fraction of sp³-hybridized carbons (Fsp3) is 0.176. The van der Waals surface area contributed by atoms with Crippen LogP contribution in [0.15, 0.2) is 36.4 Å². The lowest BCUT2D eigenvalue weighted by atomic mass is 9.97. The van der Waals surface area contributed by atoms with Crippen molar-refractivity contribution in [3.8, 4) is 5.75 Å². The molecule has 0 aromatic heterocycles. The normalized spacial score (nSPS) is 12.0. The molecular formula is C17H9ClF6O4. The molecule has 0 heterocycles. The number of ketones is 1. The molecule has 28 heavy (non-hydrogen) atoms. The second-order valence-corrected chi connectivity index (χ2v) is 5.88. The first kappa shape index (κ1) is 21.5. The molecule has 0 unspecified atom stereocenters. The van der Waals surface area contributed by atoms with E-state index in [1.54, 1.807) is 0 Å². The lowest BCUT2D eigenvalue weighted by Crippen LogP contribution is -2.15. The molecule has 0 aliphatic rings. The Hall–Kier alpha value is -2.75. The van der Waals surface area contributed by atoms with Crippen LogP contribution in [0.25, 0.3) is 0 Å². The summed E-state index contributed by atoms with van der Waals surface area (Å²) < 4.78 is 82.7. The number of alkyl halides is 6. The van der Waals surface area contributed by atoms with E-state index < -0.39 is 53.0 Å². The van der Waals surface area contributed by atoms with Crippen LogP contribution in [-0.2, 0) is 17.1 Å². The van der Waals surface area contributed by atoms with Gasteiger partial charge in [0.2, 0.25) is 0 Å². The summed E-state index contributed by atoms with van der Waals surface area (Å²) in [7, 11) is 0. The maximum Gasteiger partial charge on any atom is 0.416 e. The van der Waals surface area contributed by atoms with E-state index in [-0.39, 0.29) is 29.0 Å². The molecule has 0 spiro atoms. The van der Waals surface area contributed by atoms with Crippen LogP contribution < -0.4 is 4.74 Å². The minimum atomic E-state index is -5.13. The Bertz CT molecular complexity index is 889. The van der Waals surface area contributed by atoms with Crippen molar-refractivity contribution >= 4 is 23.4 Å². The summed E-state index contributed by atoms with van der Waals surface area (Å²) in [5.41, 5.74) is -4.73. The molecule has 0 fully saturated rings. The Morgan fingerprint density at radius 2 is 1.46 bits per heavy atom. The molecule has 0 aliphatic carbocycles. The maximum atomic E-state index is 13.0. The van der Waals surface area contributed by atoms with E-state index in [1.165, 1.54) is 6.07 Å². The van der Waals surface area contributed by atoms with Gasteiger partial charge in [0.15, 0.2) is 12.4 Å². The van der Waals surface area contributed by atoms with Gasteiger partial charge in [-0.05, 0) is 36.4 Å². The molecule has 2 rings (SSSR count). The standard InChI is InChI=1S/C17H9ClF6O4/c18-11-1-2-13(28-7-14(25)26)12(6-11)15(27)8-3-9(16(19,20)21)5-10(4-8)17(22,23)24/h1-6H,7H2,(H,25,26). The van der Waals surface area contributed by atoms with E-state index in [1.807, 2.05) is 0 Å². The van der Waals surface area contributed by atoms with Crippen LogP contribution in [0.3, 0.4) is 0 Å². The summed E-state index contributed by atoms with van der Waals surface area (Å²) in [6.07, 6.45) is -10.3. The minimum absolute atomic E-state index is 0.0611. The van der Waals surface area contributed by atoms with Crippen molar-refractivity contribution in [2.75, 3.05) is 6.61 Å². The zero-order valence-corrected chi connectivity index (χ0v) is 14.2. The quantitative estimate of drug-likeness (QED) is 0.535. The number of carbonyl (C=O) groups is 2. The van der Waals surface area contributed by atoms with Crippen LogP contribution in [0.2, 0.25) is 5.02 Å². The number of carboxylic acid groups (broad SMARTS) is 1. The average molecular weight is 427 g/mol. The number of hydrogen-bond donors (Lipinski definition) is 1. The summed E-state index contributed by atoms with van der Waals surface area (Å²) in [5.74, 6) is -3.02. The van der Waals surface area contributed by atoms with Crippen molar-refractivity contribution < 1.29 is 45.8 Å². The molecule has 2 aromatic rings. The second-order valence-electron chi connectivity index (χ2n) is 5.45. The molecule has 0 aliphatic heterocycles. The number of carboxylic acids is 1. The van der Waals surface area contributed by atoms with Crippen molar-refractivity contribution in [3.63, 3.8) is 0 Å². The van der Waals surface area contributed by atoms with Crippen molar-refractivity contribution in [2.24, 2.45) is 0 Å². The Morgan fingerprint density at radius 1 is 0.929 bits per heavy atom. The van der Waals surface area contributed by atoms with E-state index in [0.29, 0.717) is 0 Å². The second kappa shape index (κ2) is 7.70. The van der Waals surface area contributed by atoms with Gasteiger partial charge in [0, 0.05) is 10.6 Å². The maximum absolute atomic E-state index is 13.0. The minimum Gasteiger partial charge on any atom is -0.481 e. The molecule has 4 nitrogen and oxygen atoms in total. The Labute approximate surface area is 158 Å². The highest BCUT2D eigenvalue weighted by Crippen LogP contribution is 2.37. The number of rotatable bonds is 5. The molecule has 11 heteroatoms. The predicted molar refractivity (Wildman–Crippen MR) is 84.5 cm³/mol. The van der Waals surface area contributed by atoms with E-state index in [4.69, 9.17) is 21.4 Å². The summed E-state index contributed by atoms with van der Waals surface area (Å²) in [4.78, 5) is 23.2. The van der Waals surface area contributed by atoms with Crippen LogP contribution in [0.1, 0.15) is 27.0 Å². The van der Waals surface area contributed by atoms with Gasteiger partial charge >= 0.3 is 18.3 Å². The van der Waals surface area contributed by atoms with Crippen LogP contribution >= 0.6 is 11.6 Å². The van der Waals surface area contributed by atoms with Gasteiger partial charge in [0.05, 0.1) is 16.7 Å². The summed E-state index contributed by atoms with van der Waals surface area (Å²) in [6, 6.07) is 3.66. The molecule has 0 saturated heterocycles. The summed E-state index contributed by atoms with van der Waals surface area (Å²) in [5, 5.41) is 8.58. The van der Waals surface area contributed by atoms with Crippen LogP contribution in [0.5, 0.6) is 5.75 Å². The van der Waals surface area contributed by atoms with Gasteiger partial charge in [0.1, 0.15) is 5.75 Å². The topological polar surface area (TPSA) is 63.6 Å². The first-order chi connectivity index (χ1) is 12.8. The molecule has 0 radical (unpaired) electrons. The van der Waals surface area contributed by atoms with Crippen molar-refractivity contribution in [1.82, 2.24) is 0 Å². The zero-order chi connectivity index (χ0) is 21.3. The number of ether oxygens (including phenoxy) is 1. The van der Waals surface area contributed by atoms with Gasteiger partial charge in [0.25, 0.3) is 0 Å². The molecule has 0 saturated carbocycles. The van der Waals surface area contributed by atoms with Gasteiger partial charge < -0.3 is 9.84 Å². The Morgan fingerprint density at radius 3 is 1.93 bits per heavy atom. The first-order valence-electron chi connectivity index (χ1n) is 7.27. The van der Waals surface area contributed by atoms with Crippen LogP contribution in [0, 0.1) is 0 Å². The number of carbonyl (C=O) groups excluding carboxylic acids is 1. The first-order valence-corrected chi connectivity index (χ1v) is 7.65. The number of halogens is 7. The fourth-order valence-corrected chi connectivity index (χ4v) is 2.36. The molecule has 0 bridgehead atoms. The highest BCUT2D eigenvalue weighted by molar-refractivity contribution is 6.31. The van der Waals surface area contributed by atoms with Crippen molar-refractivity contribution in [1.29, 1.82) is 0 Å². The van der Waals surface area contributed by atoms with Gasteiger partial charge in [-0.25, -0.2) is 4.79 Å². The largest absolute Gasteiger partial charge is 0.481 e. The highest BCUT2D eigenvalue weighted by atomic mass is 35.5. The smallest absolute Gasteiger partial charge is 0.416 e. The van der Waals surface area contributed by atoms with Gasteiger partial charge in [-0.2, -0.15) is 26.3 Å². The van der Waals surface area contributed by atoms with Gasteiger partial charge in [-0.3, -0.25) is 4.79 Å². The van der Waals surface area contributed by atoms with E-state index >= 15 is 0 Å². The third-order valence-corrected chi connectivity index (χ3v) is 3.62. The van der Waals surface area contributed by atoms with Crippen molar-refractivity contribution in [3.05, 3.63) is 63.7 Å².